The summed E-state index contributed by atoms with van der Waals surface area (Å²) < 4.78 is 0. The van der Waals surface area contributed by atoms with Gasteiger partial charge in [0.05, 0.1) is 0 Å². The minimum absolute atomic E-state index is 0.698. The van der Waals surface area contributed by atoms with Gasteiger partial charge in [0, 0.05) is 27.8 Å². The van der Waals surface area contributed by atoms with E-state index in [0.29, 0.717) is 5.25 Å². The smallest absolute Gasteiger partial charge is 0.0107 e. The van der Waals surface area contributed by atoms with Gasteiger partial charge in [-0.15, -0.1) is 0 Å². The minimum Gasteiger partial charge on any atom is -0.179 e. The molecule has 0 aromatic carbocycles. The van der Waals surface area contributed by atoms with E-state index in [1.807, 2.05) is 11.8 Å². The van der Waals surface area contributed by atoms with Gasteiger partial charge in [-0.3, -0.25) is 0 Å². The Morgan fingerprint density at radius 1 is 1.00 bits per heavy atom. The lowest BCUT2D eigenvalue weighted by Gasteiger charge is -2.10. The molecule has 0 heterocycles. The van der Waals surface area contributed by atoms with Crippen molar-refractivity contribution in [1.82, 2.24) is 0 Å². The fraction of sp³-hybridized carbons (Fsp3) is 1.00. The maximum atomic E-state index is 4.25. The summed E-state index contributed by atoms with van der Waals surface area (Å²) in [5.74, 6) is 4.51. The first-order valence-corrected chi connectivity index (χ1v) is 8.01. The minimum atomic E-state index is 0.698. The van der Waals surface area contributed by atoms with Crippen molar-refractivity contribution in [2.24, 2.45) is 0 Å². The van der Waals surface area contributed by atoms with Crippen LogP contribution >= 0.6 is 48.8 Å². The maximum Gasteiger partial charge on any atom is 0.0107 e. The molecule has 0 rings (SSSR count). The highest BCUT2D eigenvalue weighted by atomic mass is 32.2. The lowest BCUT2D eigenvalue weighted by atomic mass is 10.4. The molecule has 2 atom stereocenters. The van der Waals surface area contributed by atoms with E-state index in [1.54, 1.807) is 0 Å². The predicted molar refractivity (Wildman–Crippen MR) is 76.2 cm³/mol. The van der Waals surface area contributed by atoms with E-state index in [-0.39, 0.29) is 0 Å². The molecule has 0 aromatic heterocycles. The Labute approximate surface area is 102 Å². The van der Waals surface area contributed by atoms with Crippen LogP contribution in [-0.4, -0.2) is 33.5 Å². The maximum absolute atomic E-state index is 4.25. The molecule has 13 heavy (non-hydrogen) atoms. The van der Waals surface area contributed by atoms with Crippen LogP contribution in [0.5, 0.6) is 0 Å². The van der Waals surface area contributed by atoms with Crippen LogP contribution in [0, 0.1) is 0 Å². The summed E-state index contributed by atoms with van der Waals surface area (Å²) in [5.41, 5.74) is 0. The molecule has 0 amide bonds. The van der Waals surface area contributed by atoms with E-state index in [2.05, 4.69) is 50.9 Å². The van der Waals surface area contributed by atoms with E-state index in [4.69, 9.17) is 0 Å². The third kappa shape index (κ3) is 9.70. The van der Waals surface area contributed by atoms with E-state index >= 15 is 0 Å². The molecule has 0 saturated heterocycles. The van der Waals surface area contributed by atoms with Crippen LogP contribution in [0.15, 0.2) is 0 Å². The lowest BCUT2D eigenvalue weighted by Crippen LogP contribution is -2.03. The van der Waals surface area contributed by atoms with Crippen molar-refractivity contribution < 1.29 is 0 Å². The highest BCUT2D eigenvalue weighted by Gasteiger charge is 2.02. The summed E-state index contributed by atoms with van der Waals surface area (Å²) in [4.78, 5) is 0. The number of hydrogen-bond acceptors (Lipinski definition) is 4. The van der Waals surface area contributed by atoms with Crippen LogP contribution in [-0.2, 0) is 0 Å². The molecule has 0 aromatic rings. The zero-order valence-electron chi connectivity index (χ0n) is 8.40. The molecule has 2 unspecified atom stereocenters. The van der Waals surface area contributed by atoms with Gasteiger partial charge in [0.1, 0.15) is 0 Å². The molecular weight excluding hydrogens is 236 g/mol. The van der Waals surface area contributed by atoms with Gasteiger partial charge in [0.25, 0.3) is 0 Å². The third-order valence-electron chi connectivity index (χ3n) is 1.68. The van der Waals surface area contributed by atoms with Gasteiger partial charge in [0.2, 0.25) is 0 Å². The molecule has 0 aliphatic carbocycles. The standard InChI is InChI=1S/C9H20S4/c1-8(3-4-10)12-5-6-13-9(2)7-11/h8-11H,3-7H2,1-2H3. The van der Waals surface area contributed by atoms with Crippen molar-refractivity contribution in [1.29, 1.82) is 0 Å². The SMILES string of the molecule is CC(CS)SCCSC(C)CCS. The molecule has 0 N–H and O–H groups in total. The van der Waals surface area contributed by atoms with Gasteiger partial charge in [-0.05, 0) is 12.2 Å². The molecule has 0 fully saturated rings. The van der Waals surface area contributed by atoms with Gasteiger partial charge < -0.3 is 0 Å². The van der Waals surface area contributed by atoms with Crippen molar-refractivity contribution in [3.8, 4) is 0 Å². The Hall–Kier alpha value is 1.40. The topological polar surface area (TPSA) is 0 Å². The van der Waals surface area contributed by atoms with Crippen LogP contribution in [0.2, 0.25) is 0 Å². The average Bonchev–Trinajstić information content (AvgIpc) is 2.12. The Morgan fingerprint density at radius 3 is 2.00 bits per heavy atom. The largest absolute Gasteiger partial charge is 0.179 e. The summed E-state index contributed by atoms with van der Waals surface area (Å²) in [6.45, 7) is 4.52. The van der Waals surface area contributed by atoms with Crippen LogP contribution in [0.1, 0.15) is 20.3 Å². The molecule has 0 bridgehead atoms. The van der Waals surface area contributed by atoms with Gasteiger partial charge >= 0.3 is 0 Å². The summed E-state index contributed by atoms with van der Waals surface area (Å²) in [6.07, 6.45) is 1.22. The lowest BCUT2D eigenvalue weighted by molar-refractivity contribution is 0.920. The van der Waals surface area contributed by atoms with Crippen molar-refractivity contribution in [3.05, 3.63) is 0 Å². The van der Waals surface area contributed by atoms with Crippen molar-refractivity contribution in [2.75, 3.05) is 23.0 Å². The van der Waals surface area contributed by atoms with Crippen molar-refractivity contribution in [2.45, 2.75) is 30.8 Å². The summed E-state index contributed by atoms with van der Waals surface area (Å²) in [6, 6.07) is 0. The van der Waals surface area contributed by atoms with Crippen molar-refractivity contribution >= 4 is 48.8 Å². The fourth-order valence-electron chi connectivity index (χ4n) is 0.816. The summed E-state index contributed by atoms with van der Waals surface area (Å²) in [5, 5.41) is 1.47. The van der Waals surface area contributed by atoms with Gasteiger partial charge in [-0.2, -0.15) is 48.8 Å². The summed E-state index contributed by atoms with van der Waals surface area (Å²) in [7, 11) is 0. The van der Waals surface area contributed by atoms with Crippen LogP contribution in [0.3, 0.4) is 0 Å². The molecule has 0 nitrogen and oxygen atoms in total. The normalized spacial score (nSPS) is 15.7. The number of rotatable bonds is 8. The Kier molecular flexibility index (Phi) is 11.0. The number of thioether (sulfide) groups is 2. The molecule has 0 aliphatic rings. The second-order valence-electron chi connectivity index (χ2n) is 3.06. The van der Waals surface area contributed by atoms with Gasteiger partial charge in [0.15, 0.2) is 0 Å². The first kappa shape index (κ1) is 14.4. The van der Waals surface area contributed by atoms with E-state index in [0.717, 1.165) is 16.8 Å². The quantitative estimate of drug-likeness (QED) is 0.504. The van der Waals surface area contributed by atoms with Crippen LogP contribution in [0.4, 0.5) is 0 Å². The molecule has 0 saturated carbocycles. The second-order valence-corrected chi connectivity index (χ2v) is 6.96. The first-order chi connectivity index (χ1) is 6.20. The van der Waals surface area contributed by atoms with Crippen molar-refractivity contribution in [3.63, 3.8) is 0 Å². The molecule has 80 valence electrons. The first-order valence-electron chi connectivity index (χ1n) is 4.65. The molecule has 4 heteroatoms. The van der Waals surface area contributed by atoms with E-state index in [9.17, 15) is 0 Å². The monoisotopic (exact) mass is 256 g/mol. The molecule has 0 radical (unpaired) electrons. The highest BCUT2D eigenvalue weighted by Crippen LogP contribution is 2.18. The Morgan fingerprint density at radius 2 is 1.54 bits per heavy atom. The zero-order chi connectivity index (χ0) is 10.1. The molecule has 0 spiro atoms. The number of thiol groups is 2. The van der Waals surface area contributed by atoms with E-state index < -0.39 is 0 Å². The summed E-state index contributed by atoms with van der Waals surface area (Å²) >= 11 is 12.6. The molecular formula is C9H20S4. The molecule has 0 aliphatic heterocycles. The van der Waals surface area contributed by atoms with Crippen LogP contribution in [0.25, 0.3) is 0 Å². The zero-order valence-corrected chi connectivity index (χ0v) is 11.8. The predicted octanol–water partition coefficient (Wildman–Crippen LogP) is 3.48. The van der Waals surface area contributed by atoms with E-state index in [1.165, 1.54) is 17.9 Å². The highest BCUT2D eigenvalue weighted by molar-refractivity contribution is 8.03. The second kappa shape index (κ2) is 9.94. The Balaban J connectivity index is 3.15. The Bertz CT molecular complexity index is 108. The number of hydrogen-bond donors (Lipinski definition) is 2. The average molecular weight is 257 g/mol. The fourth-order valence-corrected chi connectivity index (χ4v) is 3.66. The third-order valence-corrected chi connectivity index (χ3v) is 5.41. The van der Waals surface area contributed by atoms with Crippen LogP contribution < -0.4 is 0 Å². The van der Waals surface area contributed by atoms with Gasteiger partial charge in [-0.1, -0.05) is 13.8 Å². The van der Waals surface area contributed by atoms with Gasteiger partial charge in [-0.25, -0.2) is 0 Å².